The van der Waals surface area contributed by atoms with Crippen LogP contribution in [-0.4, -0.2) is 40.4 Å². The van der Waals surface area contributed by atoms with E-state index in [-0.39, 0.29) is 13.0 Å². The lowest BCUT2D eigenvalue weighted by molar-refractivity contribution is -0.140. The summed E-state index contributed by atoms with van der Waals surface area (Å²) in [5.74, 6) is -4.06. The molecule has 0 fully saturated rings. The van der Waals surface area contributed by atoms with Gasteiger partial charge in [0.15, 0.2) is 5.78 Å². The topological polar surface area (TPSA) is 162 Å². The van der Waals surface area contributed by atoms with Gasteiger partial charge in [-0.05, 0) is 24.5 Å². The number of Topliss-reactive ketones (excluding diaryl/α,β-unsaturated/α-hetero) is 1. The fraction of sp³-hybridized carbons (Fsp3) is 0.304. The summed E-state index contributed by atoms with van der Waals surface area (Å²) in [6.45, 7) is 1.24. The maximum Gasteiger partial charge on any atom is 0.414 e. The summed E-state index contributed by atoms with van der Waals surface area (Å²) in [5.41, 5.74) is 11.6. The van der Waals surface area contributed by atoms with Gasteiger partial charge in [-0.15, -0.1) is 0 Å². The number of amides is 2. The van der Waals surface area contributed by atoms with E-state index < -0.39 is 47.7 Å². The molecule has 3 atom stereocenters. The molecule has 0 heterocycles. The zero-order valence-corrected chi connectivity index (χ0v) is 17.7. The Bertz CT molecular complexity index is 947. The fourth-order valence-electron chi connectivity index (χ4n) is 3.15. The Hall–Kier alpha value is -3.56. The van der Waals surface area contributed by atoms with Gasteiger partial charge in [0.2, 0.25) is 5.91 Å². The third-order valence-corrected chi connectivity index (χ3v) is 5.03. The van der Waals surface area contributed by atoms with E-state index in [4.69, 9.17) is 21.3 Å². The molecule has 9 heteroatoms. The summed E-state index contributed by atoms with van der Waals surface area (Å²) in [4.78, 5) is 48.9. The molecule has 6 N–H and O–H groups in total. The first kappa shape index (κ1) is 24.7. The van der Waals surface area contributed by atoms with Crippen molar-refractivity contribution in [1.82, 2.24) is 5.32 Å². The van der Waals surface area contributed by atoms with Crippen LogP contribution >= 0.6 is 0 Å². The highest BCUT2D eigenvalue weighted by atomic mass is 16.5. The maximum absolute atomic E-state index is 13.0. The number of ketones is 1. The number of carbonyl (C=O) groups excluding carboxylic acids is 3. The number of nitrogens with two attached hydrogens (primary N) is 2. The van der Waals surface area contributed by atoms with Crippen LogP contribution in [0.3, 0.4) is 0 Å². The number of carboxylic acids is 1. The quantitative estimate of drug-likeness (QED) is 0.430. The molecular formula is C23H27N3O6. The number of hydrogen-bond acceptors (Lipinski definition) is 7. The lowest BCUT2D eigenvalue weighted by Crippen LogP contribution is -2.62. The number of hydrogen-bond donors (Lipinski definition) is 4. The van der Waals surface area contributed by atoms with Crippen molar-refractivity contribution in [3.63, 3.8) is 0 Å². The number of nitrogens with one attached hydrogen (secondary N) is 1. The first-order valence-electron chi connectivity index (χ1n) is 9.97. The number of imide groups is 1. The van der Waals surface area contributed by atoms with Crippen molar-refractivity contribution in [2.45, 2.75) is 38.0 Å². The molecular weight excluding hydrogens is 414 g/mol. The predicted octanol–water partition coefficient (Wildman–Crippen LogP) is 1.39. The van der Waals surface area contributed by atoms with E-state index in [9.17, 15) is 19.2 Å². The van der Waals surface area contributed by atoms with E-state index in [1.165, 1.54) is 6.92 Å². The SMILES string of the molecule is CC(N)(C(=O)NC(=O)OCc1ccccc1)C(Cc1ccccc1)C(=O)[C@H](N)CC(=O)O. The molecule has 2 unspecified atom stereocenters. The first-order chi connectivity index (χ1) is 15.1. The van der Waals surface area contributed by atoms with Crippen molar-refractivity contribution in [3.8, 4) is 0 Å². The number of benzene rings is 2. The van der Waals surface area contributed by atoms with Crippen LogP contribution in [0.25, 0.3) is 0 Å². The number of ether oxygens (including phenoxy) is 1. The van der Waals surface area contributed by atoms with Crippen molar-refractivity contribution in [1.29, 1.82) is 0 Å². The van der Waals surface area contributed by atoms with E-state index in [1.807, 2.05) is 6.07 Å². The van der Waals surface area contributed by atoms with Gasteiger partial charge < -0.3 is 21.3 Å². The second-order valence-corrected chi connectivity index (χ2v) is 7.65. The van der Waals surface area contributed by atoms with Gasteiger partial charge in [0.1, 0.15) is 12.1 Å². The van der Waals surface area contributed by atoms with Gasteiger partial charge in [-0.25, -0.2) is 4.79 Å². The Morgan fingerprint density at radius 3 is 2.06 bits per heavy atom. The monoisotopic (exact) mass is 441 g/mol. The summed E-state index contributed by atoms with van der Waals surface area (Å²) < 4.78 is 5.04. The molecule has 0 aliphatic carbocycles. The third-order valence-electron chi connectivity index (χ3n) is 5.03. The molecule has 0 saturated carbocycles. The van der Waals surface area contributed by atoms with Crippen LogP contribution in [0.15, 0.2) is 60.7 Å². The molecule has 170 valence electrons. The van der Waals surface area contributed by atoms with Gasteiger partial charge in [0, 0.05) is 0 Å². The van der Waals surface area contributed by atoms with Gasteiger partial charge in [0.05, 0.1) is 18.4 Å². The van der Waals surface area contributed by atoms with Gasteiger partial charge >= 0.3 is 12.1 Å². The Morgan fingerprint density at radius 2 is 1.53 bits per heavy atom. The second kappa shape index (κ2) is 11.2. The Labute approximate surface area is 185 Å². The summed E-state index contributed by atoms with van der Waals surface area (Å²) in [5, 5.41) is 11.0. The third kappa shape index (κ3) is 7.00. The molecule has 9 nitrogen and oxygen atoms in total. The molecule has 32 heavy (non-hydrogen) atoms. The highest BCUT2D eigenvalue weighted by Gasteiger charge is 2.44. The number of aliphatic carboxylic acids is 1. The lowest BCUT2D eigenvalue weighted by Gasteiger charge is -2.33. The van der Waals surface area contributed by atoms with Crippen molar-refractivity contribution >= 4 is 23.8 Å². The molecule has 0 aliphatic rings. The van der Waals surface area contributed by atoms with E-state index in [0.29, 0.717) is 5.56 Å². The molecule has 2 rings (SSSR count). The molecule has 0 aromatic heterocycles. The Morgan fingerprint density at radius 1 is 1.00 bits per heavy atom. The molecule has 2 aromatic carbocycles. The standard InChI is InChI=1S/C23H27N3O6/c1-23(25,21(30)26-22(31)32-14-16-10-6-3-7-11-16)17(12-15-8-4-2-5-9-15)20(29)18(24)13-19(27)28/h2-11,17-18H,12-14,24-25H2,1H3,(H,27,28)(H,26,30,31)/t17?,18-,23?/m1/s1. The largest absolute Gasteiger partial charge is 0.481 e. The van der Waals surface area contributed by atoms with Crippen LogP contribution in [0.1, 0.15) is 24.5 Å². The van der Waals surface area contributed by atoms with E-state index in [0.717, 1.165) is 5.56 Å². The van der Waals surface area contributed by atoms with Crippen molar-refractivity contribution in [2.24, 2.45) is 17.4 Å². The summed E-state index contributed by atoms with van der Waals surface area (Å²) in [6.07, 6.45) is -1.59. The van der Waals surface area contributed by atoms with Gasteiger partial charge in [-0.2, -0.15) is 0 Å². The Balaban J connectivity index is 2.15. The van der Waals surface area contributed by atoms with Crippen molar-refractivity contribution in [3.05, 3.63) is 71.8 Å². The van der Waals surface area contributed by atoms with Gasteiger partial charge in [-0.1, -0.05) is 60.7 Å². The first-order valence-corrected chi connectivity index (χ1v) is 9.97. The molecule has 2 aromatic rings. The van der Waals surface area contributed by atoms with Crippen molar-refractivity contribution in [2.75, 3.05) is 0 Å². The molecule has 0 spiro atoms. The lowest BCUT2D eigenvalue weighted by atomic mass is 9.76. The van der Waals surface area contributed by atoms with Crippen LogP contribution in [0.2, 0.25) is 0 Å². The van der Waals surface area contributed by atoms with Crippen LogP contribution < -0.4 is 16.8 Å². The predicted molar refractivity (Wildman–Crippen MR) is 116 cm³/mol. The number of alkyl carbamates (subject to hydrolysis) is 1. The summed E-state index contributed by atoms with van der Waals surface area (Å²) in [7, 11) is 0. The highest BCUT2D eigenvalue weighted by Crippen LogP contribution is 2.23. The minimum absolute atomic E-state index is 0.0342. The second-order valence-electron chi connectivity index (χ2n) is 7.65. The molecule has 2 amide bonds. The minimum Gasteiger partial charge on any atom is -0.481 e. The number of rotatable bonds is 10. The zero-order valence-electron chi connectivity index (χ0n) is 17.7. The normalized spacial score (nSPS) is 14.5. The maximum atomic E-state index is 13.0. The van der Waals surface area contributed by atoms with Crippen LogP contribution in [0.5, 0.6) is 0 Å². The number of carbonyl (C=O) groups is 4. The van der Waals surface area contributed by atoms with Gasteiger partial charge in [-0.3, -0.25) is 19.7 Å². The van der Waals surface area contributed by atoms with E-state index in [2.05, 4.69) is 5.32 Å². The average molecular weight is 441 g/mol. The van der Waals surface area contributed by atoms with Gasteiger partial charge in [0.25, 0.3) is 0 Å². The molecule has 0 radical (unpaired) electrons. The van der Waals surface area contributed by atoms with Crippen LogP contribution in [-0.2, 0) is 32.1 Å². The Kier molecular flexibility index (Phi) is 8.62. The smallest absolute Gasteiger partial charge is 0.414 e. The zero-order chi connectivity index (χ0) is 23.7. The van der Waals surface area contributed by atoms with E-state index >= 15 is 0 Å². The van der Waals surface area contributed by atoms with Crippen LogP contribution in [0, 0.1) is 5.92 Å². The minimum atomic E-state index is -1.87. The average Bonchev–Trinajstić information content (AvgIpc) is 2.76. The number of carboxylic acid groups (broad SMARTS) is 1. The fourth-order valence-corrected chi connectivity index (χ4v) is 3.15. The van der Waals surface area contributed by atoms with Crippen LogP contribution in [0.4, 0.5) is 4.79 Å². The van der Waals surface area contributed by atoms with E-state index in [1.54, 1.807) is 54.6 Å². The highest BCUT2D eigenvalue weighted by molar-refractivity contribution is 6.02. The summed E-state index contributed by atoms with van der Waals surface area (Å²) in [6, 6.07) is 16.3. The molecule has 0 bridgehead atoms. The molecule has 0 aliphatic heterocycles. The summed E-state index contributed by atoms with van der Waals surface area (Å²) >= 11 is 0. The van der Waals surface area contributed by atoms with Crippen molar-refractivity contribution < 1.29 is 29.0 Å². The molecule has 0 saturated heterocycles.